The molecular weight excluding hydrogens is 324 g/mol. The lowest BCUT2D eigenvalue weighted by molar-refractivity contribution is 0.0651. The van der Waals surface area contributed by atoms with Crippen LogP contribution in [0.15, 0.2) is 47.4 Å². The molecule has 120 valence electrons. The Kier molecular flexibility index (Phi) is 4.37. The maximum atomic E-state index is 12.2. The van der Waals surface area contributed by atoms with Gasteiger partial charge in [-0.3, -0.25) is 0 Å². The third kappa shape index (κ3) is 3.49. The predicted octanol–water partition coefficient (Wildman–Crippen LogP) is 2.16. The summed E-state index contributed by atoms with van der Waals surface area (Å²) in [5.74, 6) is -3.22. The highest BCUT2D eigenvalue weighted by molar-refractivity contribution is 7.87. The van der Waals surface area contributed by atoms with Gasteiger partial charge < -0.3 is 14.4 Å². The second-order valence-corrected chi connectivity index (χ2v) is 6.14. The van der Waals surface area contributed by atoms with E-state index in [1.165, 1.54) is 12.1 Å². The van der Waals surface area contributed by atoms with Gasteiger partial charge in [-0.1, -0.05) is 18.2 Å². The van der Waals surface area contributed by atoms with Crippen LogP contribution in [0.4, 0.5) is 0 Å². The monoisotopic (exact) mass is 336 g/mol. The average Bonchev–Trinajstić information content (AvgIpc) is 2.46. The van der Waals surface area contributed by atoms with Gasteiger partial charge in [0.25, 0.3) is 0 Å². The van der Waals surface area contributed by atoms with Gasteiger partial charge in [0.15, 0.2) is 0 Å². The molecule has 2 N–H and O–H groups in total. The first-order chi connectivity index (χ1) is 10.7. The second kappa shape index (κ2) is 6.09. The number of hydrogen-bond donors (Lipinski definition) is 2. The second-order valence-electron chi connectivity index (χ2n) is 4.62. The molecule has 2 rings (SSSR count). The van der Waals surface area contributed by atoms with Crippen molar-refractivity contribution in [1.29, 1.82) is 0 Å². The topological polar surface area (TPSA) is 118 Å². The highest BCUT2D eigenvalue weighted by Gasteiger charge is 2.22. The number of rotatable bonds is 5. The minimum Gasteiger partial charge on any atom is -0.478 e. The fourth-order valence-corrected chi connectivity index (χ4v) is 3.10. The van der Waals surface area contributed by atoms with Crippen LogP contribution in [0.5, 0.6) is 5.75 Å². The number of aryl methyl sites for hydroxylation is 1. The molecule has 8 heteroatoms. The van der Waals surface area contributed by atoms with Gasteiger partial charge in [0.1, 0.15) is 10.6 Å². The zero-order chi connectivity index (χ0) is 17.2. The van der Waals surface area contributed by atoms with E-state index in [-0.39, 0.29) is 10.6 Å². The number of benzene rings is 2. The van der Waals surface area contributed by atoms with Crippen molar-refractivity contribution < 1.29 is 32.4 Å². The zero-order valence-corrected chi connectivity index (χ0v) is 12.7. The zero-order valence-electron chi connectivity index (χ0n) is 11.9. The summed E-state index contributed by atoms with van der Waals surface area (Å²) in [7, 11) is -4.16. The molecule has 0 aliphatic heterocycles. The fourth-order valence-electron chi connectivity index (χ4n) is 1.95. The van der Waals surface area contributed by atoms with E-state index in [2.05, 4.69) is 0 Å². The molecule has 0 fully saturated rings. The fraction of sp³-hybridized carbons (Fsp3) is 0.0667. The highest BCUT2D eigenvalue weighted by Crippen LogP contribution is 2.24. The van der Waals surface area contributed by atoms with Gasteiger partial charge in [-0.05, 0) is 36.8 Å². The average molecular weight is 336 g/mol. The SMILES string of the molecule is Cc1ccccc1S(=O)(=O)Oc1ccc(C(=O)O)c(C(=O)O)c1. The van der Waals surface area contributed by atoms with Gasteiger partial charge in [-0.2, -0.15) is 8.42 Å². The van der Waals surface area contributed by atoms with Crippen LogP contribution >= 0.6 is 0 Å². The molecule has 2 aromatic rings. The summed E-state index contributed by atoms with van der Waals surface area (Å²) in [6.45, 7) is 1.59. The van der Waals surface area contributed by atoms with E-state index in [9.17, 15) is 18.0 Å². The van der Waals surface area contributed by atoms with E-state index in [4.69, 9.17) is 14.4 Å². The Labute approximate surface area is 131 Å². The van der Waals surface area contributed by atoms with Crippen molar-refractivity contribution in [3.8, 4) is 5.75 Å². The van der Waals surface area contributed by atoms with E-state index < -0.39 is 33.2 Å². The van der Waals surface area contributed by atoms with Gasteiger partial charge >= 0.3 is 22.1 Å². The molecule has 0 aliphatic carbocycles. The highest BCUT2D eigenvalue weighted by atomic mass is 32.2. The summed E-state index contributed by atoms with van der Waals surface area (Å²) in [5.41, 5.74) is -0.554. The molecule has 0 aliphatic rings. The Bertz CT molecular complexity index is 884. The number of carboxylic acids is 2. The van der Waals surface area contributed by atoms with E-state index in [1.807, 2.05) is 0 Å². The Morgan fingerprint density at radius 3 is 2.13 bits per heavy atom. The Balaban J connectivity index is 2.45. The van der Waals surface area contributed by atoms with Crippen LogP contribution in [-0.4, -0.2) is 30.6 Å². The van der Waals surface area contributed by atoms with Crippen molar-refractivity contribution in [3.63, 3.8) is 0 Å². The molecule has 0 aromatic heterocycles. The molecule has 23 heavy (non-hydrogen) atoms. The van der Waals surface area contributed by atoms with Crippen LogP contribution in [0.1, 0.15) is 26.3 Å². The smallest absolute Gasteiger partial charge is 0.339 e. The van der Waals surface area contributed by atoms with Crippen molar-refractivity contribution in [2.24, 2.45) is 0 Å². The molecule has 0 bridgehead atoms. The van der Waals surface area contributed by atoms with Crippen molar-refractivity contribution in [1.82, 2.24) is 0 Å². The minimum absolute atomic E-state index is 0.0563. The molecule has 0 radical (unpaired) electrons. The van der Waals surface area contributed by atoms with Crippen LogP contribution in [0.25, 0.3) is 0 Å². The summed E-state index contributed by atoms with van der Waals surface area (Å²) in [6.07, 6.45) is 0. The lowest BCUT2D eigenvalue weighted by atomic mass is 10.1. The molecule has 2 aromatic carbocycles. The van der Waals surface area contributed by atoms with Gasteiger partial charge in [0, 0.05) is 0 Å². The van der Waals surface area contributed by atoms with Crippen LogP contribution in [0.3, 0.4) is 0 Å². The van der Waals surface area contributed by atoms with Gasteiger partial charge in [0.05, 0.1) is 11.1 Å². The van der Waals surface area contributed by atoms with Gasteiger partial charge in [-0.25, -0.2) is 9.59 Å². The maximum Gasteiger partial charge on any atom is 0.339 e. The van der Waals surface area contributed by atoms with Crippen LogP contribution < -0.4 is 4.18 Å². The van der Waals surface area contributed by atoms with Crippen molar-refractivity contribution in [2.45, 2.75) is 11.8 Å². The van der Waals surface area contributed by atoms with Crippen molar-refractivity contribution in [2.75, 3.05) is 0 Å². The Morgan fingerprint density at radius 1 is 0.957 bits per heavy atom. The third-order valence-corrected chi connectivity index (χ3v) is 4.43. The maximum absolute atomic E-state index is 12.2. The number of carboxylic acid groups (broad SMARTS) is 2. The van der Waals surface area contributed by atoms with Gasteiger partial charge in [-0.15, -0.1) is 0 Å². The quantitative estimate of drug-likeness (QED) is 0.803. The first-order valence-corrected chi connectivity index (χ1v) is 7.74. The molecule has 7 nitrogen and oxygen atoms in total. The standard InChI is InChI=1S/C15H12O7S/c1-9-4-2-3-5-13(9)23(20,21)22-10-6-7-11(14(16)17)12(8-10)15(18)19/h2-8H,1H3,(H,16,17)(H,18,19). The first kappa shape index (κ1) is 16.5. The van der Waals surface area contributed by atoms with E-state index in [0.717, 1.165) is 18.2 Å². The molecule has 0 spiro atoms. The third-order valence-electron chi connectivity index (χ3n) is 3.02. The molecule has 0 unspecified atom stereocenters. The molecular formula is C15H12O7S. The van der Waals surface area contributed by atoms with Crippen LogP contribution in [0.2, 0.25) is 0 Å². The lowest BCUT2D eigenvalue weighted by Gasteiger charge is -2.10. The van der Waals surface area contributed by atoms with E-state index >= 15 is 0 Å². The Hall–Kier alpha value is -2.87. The number of carbonyl (C=O) groups is 2. The molecule has 0 amide bonds. The first-order valence-electron chi connectivity index (χ1n) is 6.33. The molecule has 0 heterocycles. The summed E-state index contributed by atoms with van der Waals surface area (Å²) in [5, 5.41) is 18.0. The van der Waals surface area contributed by atoms with Crippen LogP contribution in [0, 0.1) is 6.92 Å². The Morgan fingerprint density at radius 2 is 1.57 bits per heavy atom. The minimum atomic E-state index is -4.16. The van der Waals surface area contributed by atoms with Crippen molar-refractivity contribution >= 4 is 22.1 Å². The largest absolute Gasteiger partial charge is 0.478 e. The molecule has 0 saturated heterocycles. The predicted molar refractivity (Wildman–Crippen MR) is 79.4 cm³/mol. The summed E-state index contributed by atoms with van der Waals surface area (Å²) >= 11 is 0. The summed E-state index contributed by atoms with van der Waals surface area (Å²) < 4.78 is 29.4. The lowest BCUT2D eigenvalue weighted by Crippen LogP contribution is -2.13. The van der Waals surface area contributed by atoms with Gasteiger partial charge in [0.2, 0.25) is 0 Å². The molecule has 0 atom stereocenters. The van der Waals surface area contributed by atoms with Crippen LogP contribution in [-0.2, 0) is 10.1 Å². The summed E-state index contributed by atoms with van der Waals surface area (Å²) in [6, 6.07) is 9.07. The number of hydrogen-bond acceptors (Lipinski definition) is 5. The van der Waals surface area contributed by atoms with E-state index in [0.29, 0.717) is 5.56 Å². The van der Waals surface area contributed by atoms with E-state index in [1.54, 1.807) is 19.1 Å². The van der Waals surface area contributed by atoms with Crippen molar-refractivity contribution in [3.05, 3.63) is 59.2 Å². The molecule has 0 saturated carbocycles. The normalized spacial score (nSPS) is 11.0. The number of aromatic carboxylic acids is 2. The summed E-state index contributed by atoms with van der Waals surface area (Å²) in [4.78, 5) is 22.0.